The number of carbonyl (C=O) groups is 3. The molecule has 9 atom stereocenters. The number of carbonyl (C=O) groups excluding carboxylic acids is 3. The Morgan fingerprint density at radius 2 is 1.51 bits per heavy atom. The average molecular weight is 663 g/mol. The van der Waals surface area contributed by atoms with E-state index in [1.807, 2.05) is 0 Å². The van der Waals surface area contributed by atoms with Crippen LogP contribution in [0.15, 0.2) is 51.7 Å². The average Bonchev–Trinajstić information content (AvgIpc) is 3.01. The Bertz CT molecular complexity index is 1670. The van der Waals surface area contributed by atoms with E-state index in [1.165, 1.54) is 31.2 Å². The molecule has 1 fully saturated rings. The lowest BCUT2D eigenvalue weighted by atomic mass is 9.95. The first kappa shape index (κ1) is 35.4. The smallest absolute Gasteiger partial charge is 0.303 e. The van der Waals surface area contributed by atoms with E-state index >= 15 is 0 Å². The monoisotopic (exact) mass is 662 g/mol. The number of ether oxygens (including phenoxy) is 4. The number of fused-ring (bicyclic) bond motifs is 1. The zero-order chi connectivity index (χ0) is 34.7. The summed E-state index contributed by atoms with van der Waals surface area (Å²) in [6.45, 7) is 2.77. The largest absolute Gasteiger partial charge is 0.508 e. The lowest BCUT2D eigenvalue weighted by Gasteiger charge is -2.42. The minimum absolute atomic E-state index is 0.0353. The fourth-order valence-electron chi connectivity index (χ4n) is 5.02. The maximum Gasteiger partial charge on any atom is 0.303 e. The predicted octanol–water partition coefficient (Wildman–Crippen LogP) is -0.517. The van der Waals surface area contributed by atoms with Crippen LogP contribution < -0.4 is 5.43 Å². The van der Waals surface area contributed by atoms with Crippen molar-refractivity contribution in [2.75, 3.05) is 6.61 Å². The van der Waals surface area contributed by atoms with Gasteiger partial charge in [0.1, 0.15) is 58.7 Å². The van der Waals surface area contributed by atoms with E-state index in [0.29, 0.717) is 5.56 Å². The highest BCUT2D eigenvalue weighted by molar-refractivity contribution is 6.03. The minimum atomic E-state index is -2.36. The van der Waals surface area contributed by atoms with Crippen molar-refractivity contribution in [1.29, 1.82) is 0 Å². The van der Waals surface area contributed by atoms with Crippen molar-refractivity contribution >= 4 is 28.7 Å². The molecule has 5 unspecified atom stereocenters. The number of rotatable bonds is 11. The number of ketones is 1. The summed E-state index contributed by atoms with van der Waals surface area (Å²) in [6.07, 6.45) is -15.8. The van der Waals surface area contributed by atoms with E-state index in [4.69, 9.17) is 23.4 Å². The van der Waals surface area contributed by atoms with Crippen LogP contribution in [0.4, 0.5) is 0 Å². The van der Waals surface area contributed by atoms with Gasteiger partial charge in [0.2, 0.25) is 0 Å². The first-order valence-electron chi connectivity index (χ1n) is 14.2. The highest BCUT2D eigenvalue weighted by Gasteiger charge is 2.48. The lowest BCUT2D eigenvalue weighted by molar-refractivity contribution is -0.303. The van der Waals surface area contributed by atoms with Crippen LogP contribution in [-0.4, -0.2) is 115 Å². The maximum atomic E-state index is 13.1. The van der Waals surface area contributed by atoms with E-state index in [0.717, 1.165) is 32.0 Å². The number of Topliss-reactive ketones (excluding diaryl/α,β-unsaturated/α-hetero) is 1. The molecule has 7 N–H and O–H groups in total. The summed E-state index contributed by atoms with van der Waals surface area (Å²) in [5.41, 5.74) is -0.938. The predicted molar refractivity (Wildman–Crippen MR) is 157 cm³/mol. The molecular formula is C31H34O16. The number of hydrogen-bond acceptors (Lipinski definition) is 16. The third-order valence-corrected chi connectivity index (χ3v) is 7.37. The van der Waals surface area contributed by atoms with Crippen LogP contribution in [0.2, 0.25) is 0 Å². The van der Waals surface area contributed by atoms with Crippen LogP contribution in [-0.2, 0) is 28.5 Å². The summed E-state index contributed by atoms with van der Waals surface area (Å²) in [6, 6.07) is 8.62. The van der Waals surface area contributed by atoms with E-state index < -0.39 is 96.2 Å². The number of aliphatic hydroxyl groups excluding tert-OH is 5. The van der Waals surface area contributed by atoms with Gasteiger partial charge < -0.3 is 59.1 Å². The zero-order valence-corrected chi connectivity index (χ0v) is 25.2. The molecular weight excluding hydrogens is 628 g/mol. The van der Waals surface area contributed by atoms with Gasteiger partial charge in [-0.2, -0.15) is 0 Å². The van der Waals surface area contributed by atoms with Crippen LogP contribution >= 0.6 is 0 Å². The van der Waals surface area contributed by atoms with Crippen LogP contribution in [0.5, 0.6) is 11.5 Å². The Morgan fingerprint density at radius 1 is 0.894 bits per heavy atom. The highest BCUT2D eigenvalue weighted by atomic mass is 16.7. The topological polar surface area (TPSA) is 260 Å². The Kier molecular flexibility index (Phi) is 11.0. The van der Waals surface area contributed by atoms with E-state index in [-0.39, 0.29) is 22.5 Å². The number of benzene rings is 2. The fourth-order valence-corrected chi connectivity index (χ4v) is 5.02. The summed E-state index contributed by atoms with van der Waals surface area (Å²) in [5.74, 6) is -3.44. The van der Waals surface area contributed by atoms with Crippen LogP contribution in [0.3, 0.4) is 0 Å². The van der Waals surface area contributed by atoms with Crippen LogP contribution in [0.25, 0.3) is 22.3 Å². The summed E-state index contributed by atoms with van der Waals surface area (Å²) >= 11 is 0. The molecule has 16 heteroatoms. The third-order valence-electron chi connectivity index (χ3n) is 7.37. The number of phenolic OH excluding ortho intramolecular Hbond substituents is 2. The van der Waals surface area contributed by atoms with E-state index in [9.17, 15) is 54.9 Å². The van der Waals surface area contributed by atoms with E-state index in [1.54, 1.807) is 0 Å². The van der Waals surface area contributed by atoms with Gasteiger partial charge in [0, 0.05) is 31.0 Å². The Labute approximate surface area is 265 Å². The summed E-state index contributed by atoms with van der Waals surface area (Å²) in [7, 11) is 0. The standard InChI is InChI=1S/C31H34O16/c1-12-29(45-13(2)32)30(46-14(3)33)28(42)31(44-12)43-11-20(37)25(39)27(41)26(40)24(38)16-8-18(35)23-19(36)10-21(47-22(23)9-16)15-4-6-17(34)7-5-15/h4-10,12,20,25-31,34-35,37,39-42H,11H2,1-3H3/t12-,20?,25?,26?,27?,28+,29-,30-,31?/m0/s1. The van der Waals surface area contributed by atoms with Crippen molar-refractivity contribution in [2.24, 2.45) is 0 Å². The fraction of sp³-hybridized carbons (Fsp3) is 0.419. The molecule has 1 aliphatic heterocycles. The molecule has 16 nitrogen and oxygen atoms in total. The molecule has 0 bridgehead atoms. The quantitative estimate of drug-likeness (QED) is 0.101. The maximum absolute atomic E-state index is 13.1. The number of hydrogen-bond donors (Lipinski definition) is 7. The molecule has 254 valence electrons. The van der Waals surface area contributed by atoms with Crippen LogP contribution in [0, 0.1) is 0 Å². The van der Waals surface area contributed by atoms with Crippen molar-refractivity contribution in [3.63, 3.8) is 0 Å². The summed E-state index contributed by atoms with van der Waals surface area (Å²) < 4.78 is 26.7. The van der Waals surface area contributed by atoms with Crippen molar-refractivity contribution in [3.8, 4) is 22.8 Å². The van der Waals surface area contributed by atoms with Crippen molar-refractivity contribution in [2.45, 2.75) is 75.9 Å². The zero-order valence-electron chi connectivity index (χ0n) is 25.2. The SMILES string of the molecule is CC(=O)O[C@@H]1[C@@H](OC(C)=O)[C@@H](O)C(OCC(O)C(O)C(O)C(O)C(=O)c2cc(O)c3c(=O)cc(-c4ccc(O)cc4)oc3c2)O[C@H]1C. The summed E-state index contributed by atoms with van der Waals surface area (Å²) in [5, 5.41) is 72.5. The number of aliphatic hydroxyl groups is 5. The second-order valence-electron chi connectivity index (χ2n) is 10.9. The first-order valence-corrected chi connectivity index (χ1v) is 14.2. The number of phenols is 2. The van der Waals surface area contributed by atoms with Gasteiger partial charge in [0.15, 0.2) is 29.7 Å². The van der Waals surface area contributed by atoms with Gasteiger partial charge in [-0.25, -0.2) is 0 Å². The molecule has 0 aliphatic carbocycles. The molecule has 1 aliphatic rings. The molecule has 0 radical (unpaired) electrons. The molecule has 1 saturated heterocycles. The van der Waals surface area contributed by atoms with Gasteiger partial charge >= 0.3 is 11.9 Å². The molecule has 3 aromatic rings. The Balaban J connectivity index is 1.46. The van der Waals surface area contributed by atoms with Gasteiger partial charge in [0.05, 0.1) is 12.7 Å². The normalized spacial score (nSPS) is 23.8. The molecule has 1 aromatic heterocycles. The van der Waals surface area contributed by atoms with Crippen molar-refractivity contribution < 1.29 is 73.5 Å². The van der Waals surface area contributed by atoms with Gasteiger partial charge in [-0.15, -0.1) is 0 Å². The van der Waals surface area contributed by atoms with E-state index in [2.05, 4.69) is 0 Å². The molecule has 47 heavy (non-hydrogen) atoms. The van der Waals surface area contributed by atoms with Gasteiger partial charge in [0.25, 0.3) is 0 Å². The summed E-state index contributed by atoms with van der Waals surface area (Å²) in [4.78, 5) is 48.9. The van der Waals surface area contributed by atoms with Gasteiger partial charge in [-0.1, -0.05) is 0 Å². The number of aromatic hydroxyl groups is 2. The second kappa shape index (κ2) is 14.6. The van der Waals surface area contributed by atoms with Crippen LogP contribution in [0.1, 0.15) is 31.1 Å². The molecule has 0 saturated carbocycles. The highest BCUT2D eigenvalue weighted by Crippen LogP contribution is 2.30. The molecule has 0 amide bonds. The molecule has 2 heterocycles. The first-order chi connectivity index (χ1) is 22.1. The van der Waals surface area contributed by atoms with Gasteiger partial charge in [-0.05, 0) is 43.3 Å². The van der Waals surface area contributed by atoms with Crippen molar-refractivity contribution in [3.05, 3.63) is 58.3 Å². The Hall–Kier alpha value is -4.42. The molecule has 2 aromatic carbocycles. The third kappa shape index (κ3) is 7.94. The molecule has 4 rings (SSSR count). The van der Waals surface area contributed by atoms with Gasteiger partial charge in [-0.3, -0.25) is 19.2 Å². The minimum Gasteiger partial charge on any atom is -0.508 e. The Morgan fingerprint density at radius 3 is 2.13 bits per heavy atom. The molecule has 0 spiro atoms. The second-order valence-corrected chi connectivity index (χ2v) is 10.9. The van der Waals surface area contributed by atoms with Crippen molar-refractivity contribution in [1.82, 2.24) is 0 Å². The number of esters is 2. The lowest BCUT2D eigenvalue weighted by Crippen LogP contribution is -2.60.